The largest absolute Gasteiger partial charge is 0.493 e. The van der Waals surface area contributed by atoms with Gasteiger partial charge in [0.15, 0.2) is 5.75 Å². The summed E-state index contributed by atoms with van der Waals surface area (Å²) in [5, 5.41) is 14.8. The maximum Gasteiger partial charge on any atom is 0.163 e. The average molecular weight is 390 g/mol. The number of hydrogen-bond donors (Lipinski definition) is 1. The van der Waals surface area contributed by atoms with Crippen LogP contribution in [-0.4, -0.2) is 22.0 Å². The van der Waals surface area contributed by atoms with Crippen LogP contribution in [0.25, 0.3) is 0 Å². The van der Waals surface area contributed by atoms with Crippen molar-refractivity contribution in [2.75, 3.05) is 7.11 Å². The number of aliphatic hydroxyl groups excluding tert-OH is 1. The van der Waals surface area contributed by atoms with Gasteiger partial charge in [0.25, 0.3) is 0 Å². The third kappa shape index (κ3) is 2.85. The van der Waals surface area contributed by atoms with Crippen molar-refractivity contribution in [2.24, 2.45) is 0 Å². The number of rotatable bonds is 4. The normalized spacial score (nSPS) is 12.5. The van der Waals surface area contributed by atoms with Crippen LogP contribution in [0.2, 0.25) is 0 Å². The second-order valence-electron chi connectivity index (χ2n) is 3.98. The molecular formula is C13H14Br2N2O2. The first kappa shape index (κ1) is 14.6. The lowest BCUT2D eigenvalue weighted by Crippen LogP contribution is -2.10. The molecule has 6 heteroatoms. The van der Waals surface area contributed by atoms with Gasteiger partial charge in [0.2, 0.25) is 0 Å². The zero-order valence-corrected chi connectivity index (χ0v) is 13.8. The van der Waals surface area contributed by atoms with Gasteiger partial charge < -0.3 is 9.84 Å². The highest BCUT2D eigenvalue weighted by Crippen LogP contribution is 2.34. The minimum atomic E-state index is -0.792. The predicted molar refractivity (Wildman–Crippen MR) is 80.4 cm³/mol. The summed E-state index contributed by atoms with van der Waals surface area (Å²) >= 11 is 6.86. The molecular weight excluding hydrogens is 376 g/mol. The quantitative estimate of drug-likeness (QED) is 0.870. The van der Waals surface area contributed by atoms with Crippen molar-refractivity contribution in [1.82, 2.24) is 9.78 Å². The monoisotopic (exact) mass is 388 g/mol. The van der Waals surface area contributed by atoms with E-state index in [2.05, 4.69) is 37.0 Å². The average Bonchev–Trinajstić information content (AvgIpc) is 2.80. The van der Waals surface area contributed by atoms with E-state index in [4.69, 9.17) is 4.74 Å². The Kier molecular flexibility index (Phi) is 4.65. The highest BCUT2D eigenvalue weighted by Gasteiger charge is 2.22. The molecule has 0 aliphatic rings. The van der Waals surface area contributed by atoms with Crippen molar-refractivity contribution >= 4 is 31.9 Å². The molecule has 1 unspecified atom stereocenters. The Morgan fingerprint density at radius 1 is 1.42 bits per heavy atom. The number of halogens is 2. The highest BCUT2D eigenvalue weighted by molar-refractivity contribution is 9.11. The molecule has 1 aromatic heterocycles. The van der Waals surface area contributed by atoms with Crippen molar-refractivity contribution in [2.45, 2.75) is 19.6 Å². The van der Waals surface area contributed by atoms with Crippen molar-refractivity contribution < 1.29 is 9.84 Å². The highest BCUT2D eigenvalue weighted by atomic mass is 79.9. The lowest BCUT2D eigenvalue weighted by atomic mass is 10.1. The standard InChI is InChI=1S/C13H14Br2N2O2/c1-3-17-12(11(19-2)7-16-17)13(18)9-5-4-8(14)6-10(9)15/h4-7,13,18H,3H2,1-2H3. The molecule has 0 aliphatic carbocycles. The number of aliphatic hydroxyl groups is 1. The van der Waals surface area contributed by atoms with Gasteiger partial charge in [0.1, 0.15) is 11.8 Å². The maximum absolute atomic E-state index is 10.6. The van der Waals surface area contributed by atoms with E-state index in [1.807, 2.05) is 25.1 Å². The summed E-state index contributed by atoms with van der Waals surface area (Å²) in [6.07, 6.45) is 0.828. The predicted octanol–water partition coefficient (Wildman–Crippen LogP) is 3.52. The molecule has 0 radical (unpaired) electrons. The van der Waals surface area contributed by atoms with E-state index in [0.29, 0.717) is 18.0 Å². The number of methoxy groups -OCH3 is 1. The number of aromatic nitrogens is 2. The fraction of sp³-hybridized carbons (Fsp3) is 0.308. The number of benzene rings is 1. The zero-order chi connectivity index (χ0) is 14.0. The smallest absolute Gasteiger partial charge is 0.163 e. The summed E-state index contributed by atoms with van der Waals surface area (Å²) in [5.41, 5.74) is 1.43. The van der Waals surface area contributed by atoms with Crippen molar-refractivity contribution in [3.05, 3.63) is 44.6 Å². The minimum Gasteiger partial charge on any atom is -0.493 e. The van der Waals surface area contributed by atoms with Gasteiger partial charge in [0, 0.05) is 21.1 Å². The van der Waals surface area contributed by atoms with E-state index in [9.17, 15) is 5.11 Å². The van der Waals surface area contributed by atoms with Gasteiger partial charge >= 0.3 is 0 Å². The summed E-state index contributed by atoms with van der Waals surface area (Å²) < 4.78 is 8.78. The Bertz CT molecular complexity index is 563. The van der Waals surface area contributed by atoms with E-state index < -0.39 is 6.10 Å². The van der Waals surface area contributed by atoms with Crippen molar-refractivity contribution in [3.8, 4) is 5.75 Å². The molecule has 1 heterocycles. The fourth-order valence-electron chi connectivity index (χ4n) is 1.93. The Balaban J connectivity index is 2.48. The summed E-state index contributed by atoms with van der Waals surface area (Å²) in [6.45, 7) is 2.64. The molecule has 1 atom stereocenters. The zero-order valence-electron chi connectivity index (χ0n) is 10.6. The van der Waals surface area contributed by atoms with E-state index in [1.54, 1.807) is 18.0 Å². The van der Waals surface area contributed by atoms with E-state index in [0.717, 1.165) is 14.5 Å². The molecule has 0 saturated carbocycles. The molecule has 19 heavy (non-hydrogen) atoms. The van der Waals surface area contributed by atoms with E-state index in [1.165, 1.54) is 0 Å². The topological polar surface area (TPSA) is 47.3 Å². The van der Waals surface area contributed by atoms with Crippen LogP contribution in [0.1, 0.15) is 24.3 Å². The number of hydrogen-bond acceptors (Lipinski definition) is 3. The van der Waals surface area contributed by atoms with Gasteiger partial charge in [0.05, 0.1) is 13.3 Å². The first-order valence-electron chi connectivity index (χ1n) is 5.81. The molecule has 0 bridgehead atoms. The molecule has 0 fully saturated rings. The fourth-order valence-corrected chi connectivity index (χ4v) is 3.20. The summed E-state index contributed by atoms with van der Waals surface area (Å²) in [5.74, 6) is 0.587. The summed E-state index contributed by atoms with van der Waals surface area (Å²) in [4.78, 5) is 0. The van der Waals surface area contributed by atoms with E-state index in [-0.39, 0.29) is 0 Å². The first-order valence-corrected chi connectivity index (χ1v) is 7.39. The summed E-state index contributed by atoms with van der Waals surface area (Å²) in [6, 6.07) is 5.66. The molecule has 4 nitrogen and oxygen atoms in total. The van der Waals surface area contributed by atoms with Crippen molar-refractivity contribution in [3.63, 3.8) is 0 Å². The lowest BCUT2D eigenvalue weighted by molar-refractivity contribution is 0.202. The second-order valence-corrected chi connectivity index (χ2v) is 5.75. The molecule has 1 N–H and O–H groups in total. The number of aryl methyl sites for hydroxylation is 1. The Labute approximate surface area is 128 Å². The van der Waals surface area contributed by atoms with Crippen LogP contribution >= 0.6 is 31.9 Å². The molecule has 1 aromatic carbocycles. The van der Waals surface area contributed by atoms with Crippen molar-refractivity contribution in [1.29, 1.82) is 0 Å². The number of nitrogens with zero attached hydrogens (tertiary/aromatic N) is 2. The van der Waals surface area contributed by atoms with Gasteiger partial charge in [-0.2, -0.15) is 5.10 Å². The SMILES string of the molecule is CCn1ncc(OC)c1C(O)c1ccc(Br)cc1Br. The van der Waals surface area contributed by atoms with Crippen LogP contribution in [0, 0.1) is 0 Å². The Hall–Kier alpha value is -0.850. The van der Waals surface area contributed by atoms with Crippen LogP contribution in [0.5, 0.6) is 5.75 Å². The van der Waals surface area contributed by atoms with Crippen LogP contribution in [-0.2, 0) is 6.54 Å². The Morgan fingerprint density at radius 2 is 2.16 bits per heavy atom. The maximum atomic E-state index is 10.6. The van der Waals surface area contributed by atoms with Crippen LogP contribution in [0.15, 0.2) is 33.3 Å². The third-order valence-corrected chi connectivity index (χ3v) is 4.06. The van der Waals surface area contributed by atoms with Gasteiger partial charge in [-0.3, -0.25) is 4.68 Å². The van der Waals surface area contributed by atoms with E-state index >= 15 is 0 Å². The Morgan fingerprint density at radius 3 is 2.74 bits per heavy atom. The molecule has 2 aromatic rings. The molecule has 0 spiro atoms. The molecule has 0 saturated heterocycles. The van der Waals surface area contributed by atoms with Crippen LogP contribution in [0.3, 0.4) is 0 Å². The first-order chi connectivity index (χ1) is 9.08. The molecule has 0 amide bonds. The molecule has 2 rings (SSSR count). The second kappa shape index (κ2) is 6.07. The summed E-state index contributed by atoms with van der Waals surface area (Å²) in [7, 11) is 1.57. The van der Waals surface area contributed by atoms with Gasteiger partial charge in [-0.25, -0.2) is 0 Å². The molecule has 0 aliphatic heterocycles. The van der Waals surface area contributed by atoms with Gasteiger partial charge in [-0.05, 0) is 19.1 Å². The lowest BCUT2D eigenvalue weighted by Gasteiger charge is -2.16. The van der Waals surface area contributed by atoms with Gasteiger partial charge in [-0.1, -0.05) is 37.9 Å². The third-order valence-electron chi connectivity index (χ3n) is 2.88. The number of ether oxygens (including phenoxy) is 1. The van der Waals surface area contributed by atoms with Gasteiger partial charge in [-0.15, -0.1) is 0 Å². The molecule has 102 valence electrons. The van der Waals surface area contributed by atoms with Crippen LogP contribution in [0.4, 0.5) is 0 Å². The minimum absolute atomic E-state index is 0.587. The van der Waals surface area contributed by atoms with Crippen LogP contribution < -0.4 is 4.74 Å².